The Labute approximate surface area is 320 Å². The first-order valence-electron chi connectivity index (χ1n) is 22.1. The molecule has 0 aromatic heterocycles. The standard InChI is InChI=1S/C44H83NO7/c1-3-5-7-9-11-13-15-17-19-21-23-25-27-29-31-35-42(47)50-38-40(39-51-44(49)41(45)34-33-37-46)52-43(48)36-32-30-28-26-24-22-20-18-16-14-12-10-8-6-4-2/h37,40-41H,3-36,38-39,45H2,1-2H3. The Hall–Kier alpha value is -1.96. The molecule has 8 nitrogen and oxygen atoms in total. The van der Waals surface area contributed by atoms with Crippen molar-refractivity contribution in [3.63, 3.8) is 0 Å². The van der Waals surface area contributed by atoms with Gasteiger partial charge < -0.3 is 24.7 Å². The molecule has 2 atom stereocenters. The number of aldehydes is 1. The van der Waals surface area contributed by atoms with Gasteiger partial charge in [0.25, 0.3) is 0 Å². The highest BCUT2D eigenvalue weighted by Crippen LogP contribution is 2.16. The van der Waals surface area contributed by atoms with Crippen LogP contribution in [-0.2, 0) is 33.4 Å². The third-order valence-corrected chi connectivity index (χ3v) is 10.0. The Bertz CT molecular complexity index is 820. The molecule has 0 bridgehead atoms. The fraction of sp³-hybridized carbons (Fsp3) is 0.909. The predicted molar refractivity (Wildman–Crippen MR) is 214 cm³/mol. The van der Waals surface area contributed by atoms with E-state index in [2.05, 4.69) is 13.8 Å². The molecule has 0 radical (unpaired) electrons. The van der Waals surface area contributed by atoms with Crippen molar-refractivity contribution in [2.45, 2.75) is 244 Å². The SMILES string of the molecule is CCCCCCCCCCCCCCCCCC(=O)OCC(COC(=O)C(N)CCC=O)OC(=O)CCCCCCCCCCCCCCCCC. The summed E-state index contributed by atoms with van der Waals surface area (Å²) in [5.74, 6) is -1.40. The Morgan fingerprint density at radius 1 is 0.481 bits per heavy atom. The van der Waals surface area contributed by atoms with Gasteiger partial charge in [0, 0.05) is 19.3 Å². The van der Waals surface area contributed by atoms with Crippen molar-refractivity contribution >= 4 is 24.2 Å². The van der Waals surface area contributed by atoms with Gasteiger partial charge in [0.05, 0.1) is 0 Å². The lowest BCUT2D eigenvalue weighted by molar-refractivity contribution is -0.167. The zero-order chi connectivity index (χ0) is 38.2. The molecule has 0 saturated carbocycles. The number of hydrogen-bond acceptors (Lipinski definition) is 8. The van der Waals surface area contributed by atoms with Crippen molar-refractivity contribution in [2.24, 2.45) is 5.73 Å². The van der Waals surface area contributed by atoms with Gasteiger partial charge in [0.2, 0.25) is 0 Å². The number of rotatable bonds is 41. The van der Waals surface area contributed by atoms with Gasteiger partial charge in [-0.15, -0.1) is 0 Å². The van der Waals surface area contributed by atoms with Crippen LogP contribution in [0.5, 0.6) is 0 Å². The van der Waals surface area contributed by atoms with Crippen LogP contribution >= 0.6 is 0 Å². The molecule has 0 aliphatic carbocycles. The van der Waals surface area contributed by atoms with E-state index in [-0.39, 0.29) is 44.4 Å². The van der Waals surface area contributed by atoms with Gasteiger partial charge in [-0.1, -0.05) is 194 Å². The smallest absolute Gasteiger partial charge is 0.323 e. The number of esters is 3. The maximum Gasteiger partial charge on any atom is 0.323 e. The summed E-state index contributed by atoms with van der Waals surface area (Å²) in [5.41, 5.74) is 5.80. The Morgan fingerprint density at radius 2 is 0.808 bits per heavy atom. The molecule has 8 heteroatoms. The van der Waals surface area contributed by atoms with E-state index in [9.17, 15) is 19.2 Å². The number of carbonyl (C=O) groups is 4. The highest BCUT2D eigenvalue weighted by atomic mass is 16.6. The second-order valence-electron chi connectivity index (χ2n) is 15.2. The normalized spacial score (nSPS) is 12.4. The molecular formula is C44H83NO7. The van der Waals surface area contributed by atoms with E-state index in [4.69, 9.17) is 19.9 Å². The van der Waals surface area contributed by atoms with Crippen LogP contribution in [0.4, 0.5) is 0 Å². The molecule has 0 aliphatic heterocycles. The number of nitrogens with two attached hydrogens (primary N) is 1. The van der Waals surface area contributed by atoms with Crippen LogP contribution in [0.3, 0.4) is 0 Å². The summed E-state index contributed by atoms with van der Waals surface area (Å²) < 4.78 is 16.3. The van der Waals surface area contributed by atoms with Gasteiger partial charge >= 0.3 is 17.9 Å². The lowest BCUT2D eigenvalue weighted by Gasteiger charge is -2.19. The molecule has 0 heterocycles. The third kappa shape index (κ3) is 36.4. The van der Waals surface area contributed by atoms with Crippen molar-refractivity contribution < 1.29 is 33.4 Å². The number of carbonyl (C=O) groups excluding carboxylic acids is 4. The maximum absolute atomic E-state index is 12.6. The Kier molecular flexibility index (Phi) is 38.7. The fourth-order valence-electron chi connectivity index (χ4n) is 6.55. The molecule has 0 rings (SSSR count). The van der Waals surface area contributed by atoms with E-state index in [0.717, 1.165) is 38.5 Å². The summed E-state index contributed by atoms with van der Waals surface area (Å²) in [4.78, 5) is 47.9. The van der Waals surface area contributed by atoms with Crippen LogP contribution in [0, 0.1) is 0 Å². The van der Waals surface area contributed by atoms with Crippen LogP contribution in [0.15, 0.2) is 0 Å². The number of hydrogen-bond donors (Lipinski definition) is 1. The van der Waals surface area contributed by atoms with Crippen LogP contribution in [0.25, 0.3) is 0 Å². The minimum absolute atomic E-state index is 0.158. The summed E-state index contributed by atoms with van der Waals surface area (Å²) in [7, 11) is 0. The van der Waals surface area contributed by atoms with Crippen LogP contribution in [0.2, 0.25) is 0 Å². The number of ether oxygens (including phenoxy) is 3. The first-order valence-corrected chi connectivity index (χ1v) is 22.1. The maximum atomic E-state index is 12.6. The second kappa shape index (κ2) is 40.2. The minimum Gasteiger partial charge on any atom is -0.462 e. The van der Waals surface area contributed by atoms with Crippen LogP contribution in [-0.4, -0.2) is 49.6 Å². The first-order chi connectivity index (χ1) is 25.4. The molecule has 0 aromatic carbocycles. The summed E-state index contributed by atoms with van der Waals surface area (Å²) in [6, 6.07) is -0.936. The van der Waals surface area contributed by atoms with Crippen molar-refractivity contribution in [2.75, 3.05) is 13.2 Å². The first kappa shape index (κ1) is 50.0. The zero-order valence-corrected chi connectivity index (χ0v) is 34.1. The predicted octanol–water partition coefficient (Wildman–Crippen LogP) is 11.8. The Morgan fingerprint density at radius 3 is 1.17 bits per heavy atom. The van der Waals surface area contributed by atoms with E-state index < -0.39 is 18.1 Å². The van der Waals surface area contributed by atoms with Gasteiger partial charge in [0.1, 0.15) is 25.5 Å². The molecule has 0 spiro atoms. The average Bonchev–Trinajstić information content (AvgIpc) is 3.14. The molecule has 2 unspecified atom stereocenters. The highest BCUT2D eigenvalue weighted by molar-refractivity contribution is 5.76. The summed E-state index contributed by atoms with van der Waals surface area (Å²) in [6.45, 7) is 4.11. The van der Waals surface area contributed by atoms with Gasteiger partial charge in [-0.2, -0.15) is 0 Å². The summed E-state index contributed by atoms with van der Waals surface area (Å²) >= 11 is 0. The summed E-state index contributed by atoms with van der Waals surface area (Å²) in [5, 5.41) is 0. The minimum atomic E-state index is -0.936. The highest BCUT2D eigenvalue weighted by Gasteiger charge is 2.22. The van der Waals surface area contributed by atoms with Crippen molar-refractivity contribution in [3.05, 3.63) is 0 Å². The van der Waals surface area contributed by atoms with Crippen molar-refractivity contribution in [1.29, 1.82) is 0 Å². The van der Waals surface area contributed by atoms with Gasteiger partial charge in [-0.05, 0) is 19.3 Å². The lowest BCUT2D eigenvalue weighted by Crippen LogP contribution is -2.36. The topological polar surface area (TPSA) is 122 Å². The number of unbranched alkanes of at least 4 members (excludes halogenated alkanes) is 28. The van der Waals surface area contributed by atoms with Crippen molar-refractivity contribution in [3.8, 4) is 0 Å². The fourth-order valence-corrected chi connectivity index (χ4v) is 6.55. The second-order valence-corrected chi connectivity index (χ2v) is 15.2. The van der Waals surface area contributed by atoms with E-state index >= 15 is 0 Å². The Balaban J connectivity index is 4.16. The molecule has 0 aliphatic rings. The van der Waals surface area contributed by atoms with Crippen LogP contribution in [0.1, 0.15) is 232 Å². The molecule has 306 valence electrons. The zero-order valence-electron chi connectivity index (χ0n) is 34.1. The lowest BCUT2D eigenvalue weighted by atomic mass is 10.0. The largest absolute Gasteiger partial charge is 0.462 e. The van der Waals surface area contributed by atoms with Crippen LogP contribution < -0.4 is 5.73 Å². The van der Waals surface area contributed by atoms with E-state index in [0.29, 0.717) is 12.7 Å². The van der Waals surface area contributed by atoms with Crippen molar-refractivity contribution in [1.82, 2.24) is 0 Å². The van der Waals surface area contributed by atoms with Gasteiger partial charge in [-0.3, -0.25) is 14.4 Å². The monoisotopic (exact) mass is 738 g/mol. The van der Waals surface area contributed by atoms with Gasteiger partial charge in [0.15, 0.2) is 6.10 Å². The molecule has 2 N–H and O–H groups in total. The molecule has 0 aromatic rings. The molecule has 0 amide bonds. The van der Waals surface area contributed by atoms with E-state index in [1.54, 1.807) is 0 Å². The van der Waals surface area contributed by atoms with E-state index in [1.165, 1.54) is 154 Å². The molecule has 52 heavy (non-hydrogen) atoms. The average molecular weight is 738 g/mol. The summed E-state index contributed by atoms with van der Waals surface area (Å²) in [6.07, 6.45) is 38.4. The molecular weight excluding hydrogens is 654 g/mol. The van der Waals surface area contributed by atoms with Gasteiger partial charge in [-0.25, -0.2) is 0 Å². The quantitative estimate of drug-likeness (QED) is 0.0285. The third-order valence-electron chi connectivity index (χ3n) is 10.0. The molecule has 0 fully saturated rings. The molecule has 0 saturated heterocycles. The van der Waals surface area contributed by atoms with E-state index in [1.807, 2.05) is 0 Å².